The zero-order valence-corrected chi connectivity index (χ0v) is 12.3. The minimum Gasteiger partial charge on any atom is -0.246 e. The fourth-order valence-corrected chi connectivity index (χ4v) is 3.04. The van der Waals surface area contributed by atoms with E-state index in [-0.39, 0.29) is 0 Å². The predicted octanol–water partition coefficient (Wildman–Crippen LogP) is 3.97. The van der Waals surface area contributed by atoms with Gasteiger partial charge >= 0.3 is 0 Å². The van der Waals surface area contributed by atoms with Crippen LogP contribution in [0.25, 0.3) is 22.2 Å². The first-order valence-corrected chi connectivity index (χ1v) is 7.55. The van der Waals surface area contributed by atoms with Crippen molar-refractivity contribution in [2.75, 3.05) is 0 Å². The first-order valence-electron chi connectivity index (χ1n) is 7.55. The van der Waals surface area contributed by atoms with Gasteiger partial charge in [-0.25, -0.2) is 20.0 Å². The molecule has 0 fully saturated rings. The summed E-state index contributed by atoms with van der Waals surface area (Å²) in [7, 11) is 0. The lowest BCUT2D eigenvalue weighted by atomic mass is 9.99. The van der Waals surface area contributed by atoms with Gasteiger partial charge in [-0.2, -0.15) is 0 Å². The Bertz CT molecular complexity index is 1030. The average molecular weight is 296 g/mol. The zero-order valence-electron chi connectivity index (χ0n) is 12.3. The SMILES string of the molecule is C1=NC2=Nc3c(ccc4ccc(-c5ccccc5)nc34)CC2=N1. The van der Waals surface area contributed by atoms with E-state index in [1.54, 1.807) is 6.34 Å². The number of benzene rings is 2. The molecule has 0 unspecified atom stereocenters. The van der Waals surface area contributed by atoms with Crippen LogP contribution in [0, 0.1) is 0 Å². The van der Waals surface area contributed by atoms with E-state index in [4.69, 9.17) is 9.98 Å². The zero-order chi connectivity index (χ0) is 15.2. The third kappa shape index (κ3) is 1.92. The number of aromatic nitrogens is 1. The highest BCUT2D eigenvalue weighted by atomic mass is 15.0. The first kappa shape index (κ1) is 12.4. The maximum Gasteiger partial charge on any atom is 0.176 e. The molecule has 0 bridgehead atoms. The Morgan fingerprint density at radius 3 is 2.65 bits per heavy atom. The van der Waals surface area contributed by atoms with E-state index in [0.29, 0.717) is 0 Å². The van der Waals surface area contributed by atoms with E-state index in [1.807, 2.05) is 18.2 Å². The van der Waals surface area contributed by atoms with Gasteiger partial charge in [-0.1, -0.05) is 48.5 Å². The van der Waals surface area contributed by atoms with E-state index in [0.717, 1.165) is 51.4 Å². The number of hydrogen-bond donors (Lipinski definition) is 0. The van der Waals surface area contributed by atoms with Crippen molar-refractivity contribution >= 4 is 34.5 Å². The molecule has 2 aliphatic rings. The lowest BCUT2D eigenvalue weighted by Gasteiger charge is -2.15. The lowest BCUT2D eigenvalue weighted by molar-refractivity contribution is 1.27. The van der Waals surface area contributed by atoms with Crippen LogP contribution in [0.4, 0.5) is 5.69 Å². The van der Waals surface area contributed by atoms with Gasteiger partial charge in [0.2, 0.25) is 0 Å². The van der Waals surface area contributed by atoms with Crippen molar-refractivity contribution < 1.29 is 0 Å². The van der Waals surface area contributed by atoms with Crippen molar-refractivity contribution in [2.24, 2.45) is 15.0 Å². The number of nitrogens with zero attached hydrogens (tertiary/aromatic N) is 4. The molecule has 2 aliphatic heterocycles. The van der Waals surface area contributed by atoms with Crippen LogP contribution in [-0.4, -0.2) is 22.9 Å². The Labute approximate surface area is 133 Å². The van der Waals surface area contributed by atoms with Crippen LogP contribution in [0.2, 0.25) is 0 Å². The molecule has 0 N–H and O–H groups in total. The second kappa shape index (κ2) is 4.68. The average Bonchev–Trinajstić information content (AvgIpc) is 3.07. The van der Waals surface area contributed by atoms with Crippen molar-refractivity contribution in [2.45, 2.75) is 6.42 Å². The van der Waals surface area contributed by atoms with Crippen molar-refractivity contribution in [1.82, 2.24) is 4.98 Å². The molecule has 3 heterocycles. The molecule has 0 saturated carbocycles. The summed E-state index contributed by atoms with van der Waals surface area (Å²) >= 11 is 0. The molecule has 2 aromatic carbocycles. The summed E-state index contributed by atoms with van der Waals surface area (Å²) in [5.74, 6) is 0.719. The van der Waals surface area contributed by atoms with Crippen molar-refractivity contribution in [3.8, 4) is 11.3 Å². The molecule has 5 rings (SSSR count). The minimum atomic E-state index is 0.719. The number of aliphatic imine (C=N–C) groups is 3. The molecule has 0 aliphatic carbocycles. The van der Waals surface area contributed by atoms with Gasteiger partial charge in [-0.15, -0.1) is 0 Å². The molecule has 23 heavy (non-hydrogen) atoms. The highest BCUT2D eigenvalue weighted by Crippen LogP contribution is 2.34. The highest BCUT2D eigenvalue weighted by Gasteiger charge is 2.22. The van der Waals surface area contributed by atoms with Crippen LogP contribution in [0.1, 0.15) is 5.56 Å². The van der Waals surface area contributed by atoms with Crippen molar-refractivity contribution in [3.05, 3.63) is 60.2 Å². The van der Waals surface area contributed by atoms with Gasteiger partial charge in [0.25, 0.3) is 0 Å². The quantitative estimate of drug-likeness (QED) is 0.670. The van der Waals surface area contributed by atoms with Gasteiger partial charge in [-0.05, 0) is 11.6 Å². The monoisotopic (exact) mass is 296 g/mol. The molecule has 108 valence electrons. The standard InChI is InChI=1S/C19H12N4/c1-2-4-12(5-3-1)15-9-8-13-6-7-14-10-16-19(21-11-20-16)23-18(14)17(13)22-15/h1-9,11H,10H2. The number of hydrogen-bond acceptors (Lipinski definition) is 4. The third-order valence-electron chi connectivity index (χ3n) is 4.22. The third-order valence-corrected chi connectivity index (χ3v) is 4.22. The van der Waals surface area contributed by atoms with Gasteiger partial charge in [-0.3, -0.25) is 0 Å². The van der Waals surface area contributed by atoms with E-state index in [1.165, 1.54) is 0 Å². The smallest absolute Gasteiger partial charge is 0.176 e. The van der Waals surface area contributed by atoms with Crippen LogP contribution >= 0.6 is 0 Å². The van der Waals surface area contributed by atoms with Gasteiger partial charge in [0.05, 0.1) is 22.6 Å². The summed E-state index contributed by atoms with van der Waals surface area (Å²) in [5.41, 5.74) is 6.02. The molecule has 3 aromatic rings. The van der Waals surface area contributed by atoms with E-state index >= 15 is 0 Å². The Morgan fingerprint density at radius 2 is 1.74 bits per heavy atom. The van der Waals surface area contributed by atoms with Gasteiger partial charge in [0.1, 0.15) is 6.34 Å². The molecule has 0 amide bonds. The molecular weight excluding hydrogens is 284 g/mol. The molecule has 0 atom stereocenters. The molecule has 0 saturated heterocycles. The predicted molar refractivity (Wildman–Crippen MR) is 93.9 cm³/mol. The maximum atomic E-state index is 4.87. The maximum absolute atomic E-state index is 4.87. The van der Waals surface area contributed by atoms with Crippen LogP contribution in [-0.2, 0) is 6.42 Å². The van der Waals surface area contributed by atoms with E-state index < -0.39 is 0 Å². The minimum absolute atomic E-state index is 0.719. The molecule has 4 heteroatoms. The summed E-state index contributed by atoms with van der Waals surface area (Å²) < 4.78 is 0. The fourth-order valence-electron chi connectivity index (χ4n) is 3.04. The number of rotatable bonds is 1. The summed E-state index contributed by atoms with van der Waals surface area (Å²) in [5, 5.41) is 1.09. The lowest BCUT2D eigenvalue weighted by Crippen LogP contribution is -2.15. The Kier molecular flexibility index (Phi) is 2.52. The molecule has 0 radical (unpaired) electrons. The molecule has 1 aromatic heterocycles. The molecular formula is C19H12N4. The Balaban J connectivity index is 1.76. The Morgan fingerprint density at radius 1 is 0.870 bits per heavy atom. The van der Waals surface area contributed by atoms with E-state index in [9.17, 15) is 0 Å². The second-order valence-electron chi connectivity index (χ2n) is 5.64. The summed E-state index contributed by atoms with van der Waals surface area (Å²) in [6.07, 6.45) is 2.34. The fraction of sp³-hybridized carbons (Fsp3) is 0.0526. The summed E-state index contributed by atoms with van der Waals surface area (Å²) in [4.78, 5) is 18.1. The summed E-state index contributed by atoms with van der Waals surface area (Å²) in [6, 6.07) is 18.6. The number of pyridine rings is 1. The molecule has 0 spiro atoms. The summed E-state index contributed by atoms with van der Waals surface area (Å²) in [6.45, 7) is 0. The second-order valence-corrected chi connectivity index (χ2v) is 5.64. The number of amidine groups is 1. The first-order chi connectivity index (χ1) is 11.4. The van der Waals surface area contributed by atoms with Crippen LogP contribution < -0.4 is 0 Å². The van der Waals surface area contributed by atoms with Gasteiger partial charge in [0.15, 0.2) is 5.84 Å². The largest absolute Gasteiger partial charge is 0.246 e. The highest BCUT2D eigenvalue weighted by molar-refractivity contribution is 6.48. The topological polar surface area (TPSA) is 50.0 Å². The van der Waals surface area contributed by atoms with Gasteiger partial charge in [0, 0.05) is 17.4 Å². The van der Waals surface area contributed by atoms with Crippen molar-refractivity contribution in [1.29, 1.82) is 0 Å². The van der Waals surface area contributed by atoms with E-state index in [2.05, 4.69) is 46.4 Å². The van der Waals surface area contributed by atoms with Gasteiger partial charge < -0.3 is 0 Å². The van der Waals surface area contributed by atoms with Crippen LogP contribution in [0.3, 0.4) is 0 Å². The normalized spacial score (nSPS) is 15.1. The Hall–Kier alpha value is -3.14. The van der Waals surface area contributed by atoms with Crippen LogP contribution in [0.5, 0.6) is 0 Å². The van der Waals surface area contributed by atoms with Crippen LogP contribution in [0.15, 0.2) is 69.6 Å². The number of fused-ring (bicyclic) bond motifs is 4. The molecule has 4 nitrogen and oxygen atoms in total. The van der Waals surface area contributed by atoms with Crippen molar-refractivity contribution in [3.63, 3.8) is 0 Å².